The summed E-state index contributed by atoms with van der Waals surface area (Å²) in [7, 11) is 1.40. The van der Waals surface area contributed by atoms with Crippen LogP contribution in [0.15, 0.2) is 35.3 Å². The summed E-state index contributed by atoms with van der Waals surface area (Å²) in [5, 5.41) is 24.3. The van der Waals surface area contributed by atoms with Crippen LogP contribution in [-0.4, -0.2) is 101 Å². The fraction of sp³-hybridized carbons (Fsp3) is 0.594. The zero-order valence-electron chi connectivity index (χ0n) is 28.0. The van der Waals surface area contributed by atoms with Crippen LogP contribution in [0.3, 0.4) is 0 Å². The molecule has 3 amide bonds. The number of carboxylic acids is 2. The topological polar surface area (TPSA) is 287 Å². The second kappa shape index (κ2) is 21.3. The second-order valence-corrected chi connectivity index (χ2v) is 12.1. The number of Topliss-reactive ketones (excluding diaryl/α,β-unsaturated/α-hetero) is 1. The highest BCUT2D eigenvalue weighted by Crippen LogP contribution is 2.19. The van der Waals surface area contributed by atoms with E-state index in [1.807, 2.05) is 0 Å². The molecule has 48 heavy (non-hydrogen) atoms. The number of likely N-dealkylation sites (N-methyl/N-ethyl adjacent to an activating group) is 1. The molecule has 0 fully saturated rings. The van der Waals surface area contributed by atoms with E-state index in [4.69, 9.17) is 22.9 Å². The van der Waals surface area contributed by atoms with Crippen LogP contribution in [0, 0.1) is 11.8 Å². The Morgan fingerprint density at radius 1 is 0.875 bits per heavy atom. The lowest BCUT2D eigenvalue weighted by Gasteiger charge is -2.31. The van der Waals surface area contributed by atoms with E-state index in [2.05, 4.69) is 15.6 Å². The molecule has 1 aromatic rings. The second-order valence-electron chi connectivity index (χ2n) is 12.1. The molecule has 0 aliphatic heterocycles. The molecule has 5 atom stereocenters. The molecule has 16 nitrogen and oxygen atoms in total. The number of carbonyl (C=O) groups is 6. The van der Waals surface area contributed by atoms with Crippen LogP contribution in [0.2, 0.25) is 0 Å². The van der Waals surface area contributed by atoms with E-state index in [-0.39, 0.29) is 31.8 Å². The molecule has 0 bridgehead atoms. The fourth-order valence-electron chi connectivity index (χ4n) is 5.05. The molecule has 0 radical (unpaired) electrons. The van der Waals surface area contributed by atoms with E-state index in [1.165, 1.54) is 11.9 Å². The van der Waals surface area contributed by atoms with Crippen molar-refractivity contribution in [3.8, 4) is 0 Å². The number of nitrogens with two attached hydrogens (primary N) is 4. The minimum atomic E-state index is -1.53. The van der Waals surface area contributed by atoms with Gasteiger partial charge in [-0.3, -0.25) is 29.0 Å². The summed E-state index contributed by atoms with van der Waals surface area (Å²) < 4.78 is 0. The van der Waals surface area contributed by atoms with Crippen molar-refractivity contribution in [2.45, 2.75) is 89.4 Å². The number of guanidine groups is 1. The maximum atomic E-state index is 13.6. The number of nitrogens with zero attached hydrogens (tertiary/aromatic N) is 2. The van der Waals surface area contributed by atoms with Crippen LogP contribution in [0.1, 0.15) is 64.4 Å². The zero-order chi connectivity index (χ0) is 36.4. The highest BCUT2D eigenvalue weighted by Gasteiger charge is 2.35. The third-order valence-electron chi connectivity index (χ3n) is 7.88. The third kappa shape index (κ3) is 14.9. The quantitative estimate of drug-likeness (QED) is 0.0407. The number of ketones is 1. The van der Waals surface area contributed by atoms with Crippen LogP contribution in [-0.2, 0) is 35.2 Å². The standard InChI is InChI=1S/C32H52N8O8/c1-19(2)21(28(44)39-24(31(47)48)16-20-10-5-4-6-11-20)17-26(41)23(18-27(42)43)38-29(45)25(13-7-8-14-33)40(3)30(46)22(34)12-9-15-37-32(35)36/h4-6,10-11,19,21-25H,7-9,12-18,33-34H2,1-3H3,(H,38,45)(H,39,44)(H,42,43)(H,47,48)(H4,35,36,37)/t21-,22-,23-,24-,25-/m0/s1. The van der Waals surface area contributed by atoms with Gasteiger partial charge in [-0.25, -0.2) is 4.79 Å². The number of aliphatic carboxylic acids is 2. The van der Waals surface area contributed by atoms with Crippen LogP contribution in [0.5, 0.6) is 0 Å². The third-order valence-corrected chi connectivity index (χ3v) is 7.88. The molecule has 1 rings (SSSR count). The first kappa shape index (κ1) is 41.5. The molecule has 0 aliphatic rings. The van der Waals surface area contributed by atoms with Crippen molar-refractivity contribution in [2.75, 3.05) is 20.1 Å². The number of carboxylic acid groups (broad SMARTS) is 2. The summed E-state index contributed by atoms with van der Waals surface area (Å²) in [6.07, 6.45) is 0.553. The van der Waals surface area contributed by atoms with Crippen molar-refractivity contribution in [3.63, 3.8) is 0 Å². The van der Waals surface area contributed by atoms with Crippen molar-refractivity contribution in [2.24, 2.45) is 39.8 Å². The summed E-state index contributed by atoms with van der Waals surface area (Å²) >= 11 is 0. The number of carbonyl (C=O) groups excluding carboxylic acids is 4. The molecule has 0 aromatic heterocycles. The highest BCUT2D eigenvalue weighted by molar-refractivity contribution is 5.97. The van der Waals surface area contributed by atoms with Crippen LogP contribution in [0.4, 0.5) is 0 Å². The normalized spacial score (nSPS) is 14.1. The molecular weight excluding hydrogens is 624 g/mol. The molecule has 12 N–H and O–H groups in total. The Kier molecular flexibility index (Phi) is 18.4. The first-order chi connectivity index (χ1) is 22.6. The Labute approximate surface area is 281 Å². The van der Waals surface area contributed by atoms with Crippen LogP contribution < -0.4 is 33.6 Å². The lowest BCUT2D eigenvalue weighted by Crippen LogP contribution is -2.55. The number of rotatable bonds is 23. The van der Waals surface area contributed by atoms with Crippen molar-refractivity contribution in [1.29, 1.82) is 0 Å². The lowest BCUT2D eigenvalue weighted by atomic mass is 9.87. The molecule has 0 saturated carbocycles. The van der Waals surface area contributed by atoms with Crippen molar-refractivity contribution in [3.05, 3.63) is 35.9 Å². The largest absolute Gasteiger partial charge is 0.481 e. The van der Waals surface area contributed by atoms with E-state index < -0.39 is 84.3 Å². The van der Waals surface area contributed by atoms with Gasteiger partial charge in [-0.15, -0.1) is 0 Å². The number of nitrogens with one attached hydrogen (secondary N) is 2. The van der Waals surface area contributed by atoms with Crippen molar-refractivity contribution in [1.82, 2.24) is 15.5 Å². The lowest BCUT2D eigenvalue weighted by molar-refractivity contribution is -0.144. The smallest absolute Gasteiger partial charge is 0.326 e. The highest BCUT2D eigenvalue weighted by atomic mass is 16.4. The van der Waals surface area contributed by atoms with Crippen LogP contribution >= 0.6 is 0 Å². The average Bonchev–Trinajstić information content (AvgIpc) is 3.02. The van der Waals surface area contributed by atoms with E-state index in [9.17, 15) is 39.0 Å². The maximum Gasteiger partial charge on any atom is 0.326 e. The van der Waals surface area contributed by atoms with E-state index in [0.717, 1.165) is 0 Å². The molecule has 0 spiro atoms. The Balaban J connectivity index is 3.14. The summed E-state index contributed by atoms with van der Waals surface area (Å²) in [4.78, 5) is 82.3. The molecule has 268 valence electrons. The summed E-state index contributed by atoms with van der Waals surface area (Å²) in [6.45, 7) is 3.93. The van der Waals surface area contributed by atoms with Gasteiger partial charge in [0.25, 0.3) is 0 Å². The first-order valence-electron chi connectivity index (χ1n) is 16.0. The number of amides is 3. The monoisotopic (exact) mass is 676 g/mol. The van der Waals surface area contributed by atoms with E-state index >= 15 is 0 Å². The van der Waals surface area contributed by atoms with Gasteiger partial charge in [-0.05, 0) is 50.1 Å². The summed E-state index contributed by atoms with van der Waals surface area (Å²) in [5.74, 6) is -6.94. The fourth-order valence-corrected chi connectivity index (χ4v) is 5.05. The van der Waals surface area contributed by atoms with Crippen molar-refractivity contribution >= 4 is 41.4 Å². The molecule has 0 unspecified atom stereocenters. The molecule has 0 aliphatic carbocycles. The number of unbranched alkanes of at least 4 members (excludes halogenated alkanes) is 1. The predicted molar refractivity (Wildman–Crippen MR) is 179 cm³/mol. The van der Waals surface area contributed by atoms with Gasteiger partial charge < -0.3 is 48.7 Å². The van der Waals surface area contributed by atoms with Crippen LogP contribution in [0.25, 0.3) is 0 Å². The van der Waals surface area contributed by atoms with Gasteiger partial charge >= 0.3 is 11.9 Å². The molecular formula is C32H52N8O8. The Morgan fingerprint density at radius 3 is 2.04 bits per heavy atom. The van der Waals surface area contributed by atoms with Gasteiger partial charge in [0.05, 0.1) is 18.5 Å². The number of hydrogen-bond donors (Lipinski definition) is 8. The minimum Gasteiger partial charge on any atom is -0.481 e. The van der Waals surface area contributed by atoms with E-state index in [1.54, 1.807) is 44.2 Å². The molecule has 1 aromatic carbocycles. The number of aliphatic imine (C=N–C) groups is 1. The van der Waals surface area contributed by atoms with Gasteiger partial charge in [-0.2, -0.15) is 0 Å². The minimum absolute atomic E-state index is 0.01000. The molecule has 0 heterocycles. The number of hydrogen-bond acceptors (Lipinski definition) is 9. The average molecular weight is 677 g/mol. The molecule has 16 heteroatoms. The van der Waals surface area contributed by atoms with Gasteiger partial charge in [0.1, 0.15) is 12.1 Å². The van der Waals surface area contributed by atoms with Gasteiger partial charge in [0.15, 0.2) is 11.7 Å². The van der Waals surface area contributed by atoms with Gasteiger partial charge in [-0.1, -0.05) is 44.2 Å². The Hall–Kier alpha value is -4.57. The first-order valence-corrected chi connectivity index (χ1v) is 16.0. The van der Waals surface area contributed by atoms with Gasteiger partial charge in [0, 0.05) is 32.4 Å². The van der Waals surface area contributed by atoms with E-state index in [0.29, 0.717) is 31.4 Å². The maximum absolute atomic E-state index is 13.6. The summed E-state index contributed by atoms with van der Waals surface area (Å²) in [5.41, 5.74) is 23.0. The molecule has 0 saturated heterocycles. The Bertz CT molecular complexity index is 1260. The number of benzene rings is 1. The summed E-state index contributed by atoms with van der Waals surface area (Å²) in [6, 6.07) is 3.82. The Morgan fingerprint density at radius 2 is 1.50 bits per heavy atom. The van der Waals surface area contributed by atoms with Crippen molar-refractivity contribution < 1.29 is 39.0 Å². The predicted octanol–water partition coefficient (Wildman–Crippen LogP) is -0.674. The SMILES string of the molecule is CC(C)[C@H](CC(=O)[C@H](CC(=O)O)NC(=O)[C@H](CCCCN)N(C)C(=O)[C@@H](N)CCCN=C(N)N)C(=O)N[C@@H](Cc1ccccc1)C(=O)O. The van der Waals surface area contributed by atoms with Gasteiger partial charge in [0.2, 0.25) is 17.7 Å². The zero-order valence-corrected chi connectivity index (χ0v) is 28.0.